The van der Waals surface area contributed by atoms with Crippen molar-refractivity contribution >= 4 is 22.6 Å². The van der Waals surface area contributed by atoms with E-state index in [1.807, 2.05) is 12.1 Å². The summed E-state index contributed by atoms with van der Waals surface area (Å²) in [7, 11) is 0. The summed E-state index contributed by atoms with van der Waals surface area (Å²) in [5.74, 6) is 0.967. The van der Waals surface area contributed by atoms with Crippen LogP contribution < -0.4 is 10.1 Å². The summed E-state index contributed by atoms with van der Waals surface area (Å²) in [6, 6.07) is 8.91. The fourth-order valence-corrected chi connectivity index (χ4v) is 1.79. The van der Waals surface area contributed by atoms with E-state index in [9.17, 15) is 0 Å². The largest absolute Gasteiger partial charge is 0.492 e. The third-order valence-corrected chi connectivity index (χ3v) is 2.85. The SMILES string of the molecule is Ic1cccc(OCCNC2CC2)c1. The molecule has 1 aliphatic rings. The maximum Gasteiger partial charge on any atom is 0.120 e. The van der Waals surface area contributed by atoms with Crippen LogP contribution in [0.25, 0.3) is 0 Å². The molecule has 3 heteroatoms. The predicted molar refractivity (Wildman–Crippen MR) is 65.7 cm³/mol. The third kappa shape index (κ3) is 3.46. The predicted octanol–water partition coefficient (Wildman–Crippen LogP) is 2.42. The fourth-order valence-electron chi connectivity index (χ4n) is 1.28. The molecule has 76 valence electrons. The number of benzene rings is 1. The van der Waals surface area contributed by atoms with E-state index in [4.69, 9.17) is 4.74 Å². The van der Waals surface area contributed by atoms with E-state index in [2.05, 4.69) is 40.0 Å². The van der Waals surface area contributed by atoms with Gasteiger partial charge in [-0.25, -0.2) is 0 Å². The van der Waals surface area contributed by atoms with Crippen molar-refractivity contribution < 1.29 is 4.74 Å². The Labute approximate surface area is 98.2 Å². The van der Waals surface area contributed by atoms with Gasteiger partial charge >= 0.3 is 0 Å². The molecule has 1 N–H and O–H groups in total. The summed E-state index contributed by atoms with van der Waals surface area (Å²) >= 11 is 2.29. The van der Waals surface area contributed by atoms with Crippen LogP contribution in [0, 0.1) is 3.57 Å². The highest BCUT2D eigenvalue weighted by Crippen LogP contribution is 2.18. The maximum absolute atomic E-state index is 5.60. The molecule has 2 nitrogen and oxygen atoms in total. The van der Waals surface area contributed by atoms with Gasteiger partial charge in [-0.1, -0.05) is 6.07 Å². The molecule has 0 heterocycles. The first-order valence-electron chi connectivity index (χ1n) is 4.96. The van der Waals surface area contributed by atoms with Crippen LogP contribution in [-0.2, 0) is 0 Å². The van der Waals surface area contributed by atoms with E-state index < -0.39 is 0 Å². The number of nitrogens with one attached hydrogen (secondary N) is 1. The number of halogens is 1. The standard InChI is InChI=1S/C11H14INO/c12-9-2-1-3-11(8-9)14-7-6-13-10-4-5-10/h1-3,8,10,13H,4-7H2. The van der Waals surface area contributed by atoms with Gasteiger partial charge in [0, 0.05) is 16.2 Å². The topological polar surface area (TPSA) is 21.3 Å². The molecule has 1 aromatic carbocycles. The van der Waals surface area contributed by atoms with Gasteiger partial charge in [-0.15, -0.1) is 0 Å². The second-order valence-electron chi connectivity index (χ2n) is 3.53. The molecule has 0 saturated heterocycles. The van der Waals surface area contributed by atoms with Crippen LogP contribution in [0.1, 0.15) is 12.8 Å². The van der Waals surface area contributed by atoms with Gasteiger partial charge in [0.15, 0.2) is 0 Å². The molecular formula is C11H14INO. The minimum absolute atomic E-state index is 0.761. The summed E-state index contributed by atoms with van der Waals surface area (Å²) in [5, 5.41) is 3.41. The molecule has 0 aliphatic heterocycles. The minimum Gasteiger partial charge on any atom is -0.492 e. The number of ether oxygens (including phenoxy) is 1. The Morgan fingerprint density at radius 2 is 2.29 bits per heavy atom. The van der Waals surface area contributed by atoms with Crippen molar-refractivity contribution in [3.8, 4) is 5.75 Å². The monoisotopic (exact) mass is 303 g/mol. The Morgan fingerprint density at radius 3 is 3.00 bits per heavy atom. The van der Waals surface area contributed by atoms with Crippen molar-refractivity contribution in [2.75, 3.05) is 13.2 Å². The second kappa shape index (κ2) is 4.98. The molecule has 0 amide bonds. The van der Waals surface area contributed by atoms with Crippen molar-refractivity contribution in [3.63, 3.8) is 0 Å². The van der Waals surface area contributed by atoms with Crippen molar-refractivity contribution in [2.45, 2.75) is 18.9 Å². The molecule has 1 saturated carbocycles. The molecule has 0 spiro atoms. The van der Waals surface area contributed by atoms with Crippen LogP contribution in [0.3, 0.4) is 0 Å². The molecule has 1 aromatic rings. The number of rotatable bonds is 5. The lowest BCUT2D eigenvalue weighted by atomic mass is 10.3. The lowest BCUT2D eigenvalue weighted by molar-refractivity contribution is 0.313. The zero-order valence-electron chi connectivity index (χ0n) is 8.00. The number of hydrogen-bond acceptors (Lipinski definition) is 2. The van der Waals surface area contributed by atoms with Crippen LogP contribution in [0.5, 0.6) is 5.75 Å². The van der Waals surface area contributed by atoms with E-state index >= 15 is 0 Å². The maximum atomic E-state index is 5.60. The van der Waals surface area contributed by atoms with Gasteiger partial charge in [0.1, 0.15) is 12.4 Å². The Bertz CT molecular complexity index is 299. The Balaban J connectivity index is 1.68. The van der Waals surface area contributed by atoms with Gasteiger partial charge in [-0.2, -0.15) is 0 Å². The van der Waals surface area contributed by atoms with Crippen LogP contribution in [-0.4, -0.2) is 19.2 Å². The molecule has 0 bridgehead atoms. The molecule has 0 atom stereocenters. The van der Waals surface area contributed by atoms with Gasteiger partial charge in [-0.05, 0) is 53.6 Å². The lowest BCUT2D eigenvalue weighted by Crippen LogP contribution is -2.22. The molecule has 14 heavy (non-hydrogen) atoms. The first kappa shape index (κ1) is 10.2. The average Bonchev–Trinajstić information content (AvgIpc) is 2.96. The third-order valence-electron chi connectivity index (χ3n) is 2.18. The molecular weight excluding hydrogens is 289 g/mol. The van der Waals surface area contributed by atoms with Gasteiger partial charge in [0.25, 0.3) is 0 Å². The van der Waals surface area contributed by atoms with E-state index in [0.717, 1.165) is 24.9 Å². The Hall–Kier alpha value is -0.290. The van der Waals surface area contributed by atoms with Crippen LogP contribution in [0.2, 0.25) is 0 Å². The summed E-state index contributed by atoms with van der Waals surface area (Å²) < 4.78 is 6.82. The highest BCUT2D eigenvalue weighted by atomic mass is 127. The number of hydrogen-bond donors (Lipinski definition) is 1. The van der Waals surface area contributed by atoms with E-state index in [1.165, 1.54) is 16.4 Å². The molecule has 0 aromatic heterocycles. The summed E-state index contributed by atoms with van der Waals surface area (Å²) in [5.41, 5.74) is 0. The van der Waals surface area contributed by atoms with Crippen molar-refractivity contribution in [1.29, 1.82) is 0 Å². The first-order valence-corrected chi connectivity index (χ1v) is 6.04. The molecule has 0 radical (unpaired) electrons. The zero-order chi connectivity index (χ0) is 9.80. The summed E-state index contributed by atoms with van der Waals surface area (Å²) in [4.78, 5) is 0. The van der Waals surface area contributed by atoms with Crippen LogP contribution in [0.15, 0.2) is 24.3 Å². The second-order valence-corrected chi connectivity index (χ2v) is 4.78. The highest BCUT2D eigenvalue weighted by Gasteiger charge is 2.19. The first-order chi connectivity index (χ1) is 6.84. The van der Waals surface area contributed by atoms with Gasteiger partial charge in [-0.3, -0.25) is 0 Å². The van der Waals surface area contributed by atoms with E-state index in [0.29, 0.717) is 0 Å². The van der Waals surface area contributed by atoms with Gasteiger partial charge in [0.05, 0.1) is 0 Å². The Morgan fingerprint density at radius 1 is 1.43 bits per heavy atom. The van der Waals surface area contributed by atoms with Crippen molar-refractivity contribution in [3.05, 3.63) is 27.8 Å². The lowest BCUT2D eigenvalue weighted by Gasteiger charge is -2.06. The summed E-state index contributed by atoms with van der Waals surface area (Å²) in [6.07, 6.45) is 2.67. The minimum atomic E-state index is 0.761. The van der Waals surface area contributed by atoms with Crippen molar-refractivity contribution in [1.82, 2.24) is 5.32 Å². The van der Waals surface area contributed by atoms with Gasteiger partial charge < -0.3 is 10.1 Å². The zero-order valence-corrected chi connectivity index (χ0v) is 10.2. The van der Waals surface area contributed by atoms with E-state index in [1.54, 1.807) is 0 Å². The van der Waals surface area contributed by atoms with Gasteiger partial charge in [0.2, 0.25) is 0 Å². The molecule has 2 rings (SSSR count). The highest BCUT2D eigenvalue weighted by molar-refractivity contribution is 14.1. The Kier molecular flexibility index (Phi) is 3.64. The normalized spacial score (nSPS) is 15.5. The molecule has 1 fully saturated rings. The smallest absolute Gasteiger partial charge is 0.120 e. The van der Waals surface area contributed by atoms with Crippen LogP contribution >= 0.6 is 22.6 Å². The van der Waals surface area contributed by atoms with E-state index in [-0.39, 0.29) is 0 Å². The average molecular weight is 303 g/mol. The molecule has 0 unspecified atom stereocenters. The molecule has 1 aliphatic carbocycles. The van der Waals surface area contributed by atoms with Crippen LogP contribution in [0.4, 0.5) is 0 Å². The summed E-state index contributed by atoms with van der Waals surface area (Å²) in [6.45, 7) is 1.72. The van der Waals surface area contributed by atoms with Crippen molar-refractivity contribution in [2.24, 2.45) is 0 Å². The fraction of sp³-hybridized carbons (Fsp3) is 0.455. The quantitative estimate of drug-likeness (QED) is 0.666.